The number of nitro benzene ring substituents is 1. The molecule has 0 atom stereocenters. The number of phenols is 2. The van der Waals surface area contributed by atoms with Gasteiger partial charge in [0.2, 0.25) is 0 Å². The molecular formula is C24H19ClN4O6. The number of halogens is 1. The molecule has 0 saturated heterocycles. The zero-order valence-electron chi connectivity index (χ0n) is 18.2. The SMILES string of the molecule is C/C(=N/NC(=O)/C(=C/c1ccc(Cl)cc1)NC(=O)c1ccccc1)c1cc([N+](=O)[O-])c(O)cc1O. The topological polar surface area (TPSA) is 154 Å². The predicted octanol–water partition coefficient (Wildman–Crippen LogP) is 3.97. The van der Waals surface area contributed by atoms with Gasteiger partial charge in [-0.05, 0) is 42.8 Å². The van der Waals surface area contributed by atoms with Gasteiger partial charge in [0, 0.05) is 28.3 Å². The van der Waals surface area contributed by atoms with Gasteiger partial charge in [0.05, 0.1) is 10.6 Å². The quantitative estimate of drug-likeness (QED) is 0.168. The number of carbonyl (C=O) groups is 2. The molecule has 3 aromatic carbocycles. The summed E-state index contributed by atoms with van der Waals surface area (Å²) in [6.45, 7) is 1.39. The molecule has 0 fully saturated rings. The molecule has 2 amide bonds. The maximum absolute atomic E-state index is 12.9. The first-order valence-corrected chi connectivity index (χ1v) is 10.4. The second kappa shape index (κ2) is 10.9. The molecule has 0 saturated carbocycles. The van der Waals surface area contributed by atoms with Gasteiger partial charge < -0.3 is 15.5 Å². The normalized spacial score (nSPS) is 11.6. The van der Waals surface area contributed by atoms with Crippen molar-refractivity contribution >= 4 is 40.9 Å². The molecule has 0 bridgehead atoms. The van der Waals surface area contributed by atoms with E-state index in [2.05, 4.69) is 15.8 Å². The van der Waals surface area contributed by atoms with Crippen molar-refractivity contribution in [2.24, 2.45) is 5.10 Å². The zero-order chi connectivity index (χ0) is 25.5. The lowest BCUT2D eigenvalue weighted by atomic mass is 10.1. The summed E-state index contributed by atoms with van der Waals surface area (Å²) in [5.41, 5.74) is 2.30. The van der Waals surface area contributed by atoms with Gasteiger partial charge in [-0.25, -0.2) is 5.43 Å². The third kappa shape index (κ3) is 6.42. The van der Waals surface area contributed by atoms with Crippen molar-refractivity contribution in [3.05, 3.63) is 104 Å². The number of nitrogens with zero attached hydrogens (tertiary/aromatic N) is 2. The monoisotopic (exact) mass is 494 g/mol. The van der Waals surface area contributed by atoms with E-state index < -0.39 is 33.9 Å². The van der Waals surface area contributed by atoms with Crippen LogP contribution in [0.25, 0.3) is 6.08 Å². The third-order valence-electron chi connectivity index (χ3n) is 4.71. The summed E-state index contributed by atoms with van der Waals surface area (Å²) in [7, 11) is 0. The van der Waals surface area contributed by atoms with Crippen LogP contribution in [-0.4, -0.2) is 32.7 Å². The largest absolute Gasteiger partial charge is 0.507 e. The van der Waals surface area contributed by atoms with Gasteiger partial charge in [-0.15, -0.1) is 0 Å². The van der Waals surface area contributed by atoms with Crippen LogP contribution in [0.15, 0.2) is 77.5 Å². The highest BCUT2D eigenvalue weighted by atomic mass is 35.5. The Hall–Kier alpha value is -4.70. The lowest BCUT2D eigenvalue weighted by Crippen LogP contribution is -2.33. The molecule has 0 aromatic heterocycles. The van der Waals surface area contributed by atoms with Crippen LogP contribution in [0.2, 0.25) is 5.02 Å². The van der Waals surface area contributed by atoms with E-state index in [0.29, 0.717) is 16.1 Å². The molecule has 10 nitrogen and oxygen atoms in total. The second-order valence-electron chi connectivity index (χ2n) is 7.18. The molecule has 0 radical (unpaired) electrons. The van der Waals surface area contributed by atoms with Crippen LogP contribution in [0.4, 0.5) is 5.69 Å². The van der Waals surface area contributed by atoms with Crippen molar-refractivity contribution in [3.63, 3.8) is 0 Å². The van der Waals surface area contributed by atoms with Crippen molar-refractivity contribution in [2.75, 3.05) is 0 Å². The number of hydrazone groups is 1. The third-order valence-corrected chi connectivity index (χ3v) is 4.97. The Labute approximate surface area is 204 Å². The van der Waals surface area contributed by atoms with E-state index >= 15 is 0 Å². The number of amides is 2. The smallest absolute Gasteiger partial charge is 0.311 e. The summed E-state index contributed by atoms with van der Waals surface area (Å²) in [6, 6.07) is 16.5. The molecule has 0 spiro atoms. The van der Waals surface area contributed by atoms with Gasteiger partial charge in [0.15, 0.2) is 5.75 Å². The van der Waals surface area contributed by atoms with Gasteiger partial charge in [-0.2, -0.15) is 5.10 Å². The minimum atomic E-state index is -0.823. The van der Waals surface area contributed by atoms with Gasteiger partial charge in [0.1, 0.15) is 11.4 Å². The van der Waals surface area contributed by atoms with Crippen molar-refractivity contribution in [3.8, 4) is 11.5 Å². The molecule has 4 N–H and O–H groups in total. The highest BCUT2D eigenvalue weighted by Gasteiger charge is 2.20. The van der Waals surface area contributed by atoms with E-state index in [1.54, 1.807) is 54.6 Å². The Balaban J connectivity index is 1.89. The molecule has 3 rings (SSSR count). The first-order chi connectivity index (χ1) is 16.7. The summed E-state index contributed by atoms with van der Waals surface area (Å²) >= 11 is 5.91. The maximum Gasteiger partial charge on any atom is 0.311 e. The molecule has 0 aliphatic carbocycles. The molecule has 3 aromatic rings. The first-order valence-electron chi connectivity index (χ1n) is 10.0. The Morgan fingerprint density at radius 1 is 1.03 bits per heavy atom. The Kier molecular flexibility index (Phi) is 7.80. The summed E-state index contributed by atoms with van der Waals surface area (Å²) in [5, 5.41) is 37.7. The fourth-order valence-electron chi connectivity index (χ4n) is 2.92. The average molecular weight is 495 g/mol. The number of nitro groups is 1. The van der Waals surface area contributed by atoms with Crippen molar-refractivity contribution in [2.45, 2.75) is 6.92 Å². The highest BCUT2D eigenvalue weighted by molar-refractivity contribution is 6.30. The molecule has 0 aliphatic heterocycles. The summed E-state index contributed by atoms with van der Waals surface area (Å²) in [6.07, 6.45) is 1.42. The van der Waals surface area contributed by atoms with Crippen LogP contribution in [0.3, 0.4) is 0 Å². The highest BCUT2D eigenvalue weighted by Crippen LogP contribution is 2.33. The zero-order valence-corrected chi connectivity index (χ0v) is 19.0. The van der Waals surface area contributed by atoms with E-state index in [-0.39, 0.29) is 17.0 Å². The van der Waals surface area contributed by atoms with E-state index in [9.17, 15) is 29.9 Å². The number of nitrogens with one attached hydrogen (secondary N) is 2. The maximum atomic E-state index is 12.9. The van der Waals surface area contributed by atoms with E-state index in [0.717, 1.165) is 12.1 Å². The van der Waals surface area contributed by atoms with Crippen molar-refractivity contribution in [1.29, 1.82) is 0 Å². The van der Waals surface area contributed by atoms with Crippen LogP contribution < -0.4 is 10.7 Å². The molecule has 178 valence electrons. The number of phenolic OH excluding ortho intramolecular Hbond substituents is 2. The van der Waals surface area contributed by atoms with Gasteiger partial charge in [0.25, 0.3) is 11.8 Å². The van der Waals surface area contributed by atoms with E-state index in [1.165, 1.54) is 13.0 Å². The number of hydrogen-bond acceptors (Lipinski definition) is 7. The average Bonchev–Trinajstić information content (AvgIpc) is 2.83. The molecule has 35 heavy (non-hydrogen) atoms. The summed E-state index contributed by atoms with van der Waals surface area (Å²) < 4.78 is 0. The fourth-order valence-corrected chi connectivity index (χ4v) is 3.05. The number of benzene rings is 3. The fraction of sp³-hybridized carbons (Fsp3) is 0.0417. The van der Waals surface area contributed by atoms with E-state index in [4.69, 9.17) is 11.6 Å². The minimum absolute atomic E-state index is 0.0131. The molecule has 0 unspecified atom stereocenters. The molecule has 0 heterocycles. The second-order valence-corrected chi connectivity index (χ2v) is 7.62. The predicted molar refractivity (Wildman–Crippen MR) is 130 cm³/mol. The lowest BCUT2D eigenvalue weighted by molar-refractivity contribution is -0.385. The Morgan fingerprint density at radius 3 is 2.31 bits per heavy atom. The lowest BCUT2D eigenvalue weighted by Gasteiger charge is -2.10. The molecule has 0 aliphatic rings. The number of carbonyl (C=O) groups excluding carboxylic acids is 2. The standard InChI is InChI=1S/C24H19ClN4O6/c1-14(18-12-20(29(34)35)22(31)13-21(18)30)27-28-24(33)19(11-15-7-9-17(25)10-8-15)26-23(32)16-5-3-2-4-6-16/h2-13,30-31H,1H3,(H,26,32)(H,28,33)/b19-11-,27-14-. The first kappa shape index (κ1) is 24.9. The Bertz CT molecular complexity index is 1340. The summed E-state index contributed by atoms with van der Waals surface area (Å²) in [4.78, 5) is 35.8. The van der Waals surface area contributed by atoms with Crippen molar-refractivity contribution < 1.29 is 24.7 Å². The van der Waals surface area contributed by atoms with Crippen LogP contribution in [0, 0.1) is 10.1 Å². The molecule has 11 heteroatoms. The van der Waals surface area contributed by atoms with Crippen LogP contribution in [0.5, 0.6) is 11.5 Å². The van der Waals surface area contributed by atoms with Crippen molar-refractivity contribution in [1.82, 2.24) is 10.7 Å². The number of aromatic hydroxyl groups is 2. The van der Waals surface area contributed by atoms with Gasteiger partial charge in [-0.3, -0.25) is 19.7 Å². The number of hydrogen-bond donors (Lipinski definition) is 4. The Morgan fingerprint density at radius 2 is 1.69 bits per heavy atom. The minimum Gasteiger partial charge on any atom is -0.507 e. The van der Waals surface area contributed by atoms with E-state index in [1.807, 2.05) is 0 Å². The van der Waals surface area contributed by atoms with Crippen LogP contribution in [0.1, 0.15) is 28.4 Å². The van der Waals surface area contributed by atoms with Gasteiger partial charge >= 0.3 is 5.69 Å². The number of rotatable bonds is 7. The van der Waals surface area contributed by atoms with Crippen LogP contribution in [-0.2, 0) is 4.79 Å². The molecular weight excluding hydrogens is 476 g/mol. The van der Waals surface area contributed by atoms with Gasteiger partial charge in [-0.1, -0.05) is 41.9 Å². The summed E-state index contributed by atoms with van der Waals surface area (Å²) in [5.74, 6) is -2.52. The van der Waals surface area contributed by atoms with Crippen LogP contribution >= 0.6 is 11.6 Å².